The molecule has 0 spiro atoms. The molecule has 4 aromatic rings. The predicted molar refractivity (Wildman–Crippen MR) is 166 cm³/mol. The van der Waals surface area contributed by atoms with Crippen LogP contribution in [0, 0.1) is 5.92 Å². The SMILES string of the molecule is CC(C)CNC(=O)[C@@H](Cc1ccccc1)N(Cc1ccc(Br)cc1)C(=O)CC(c1ccccc1)c1ccccc1. The lowest BCUT2D eigenvalue weighted by Gasteiger charge is -2.33. The van der Waals surface area contributed by atoms with Crippen molar-refractivity contribution in [3.63, 3.8) is 0 Å². The summed E-state index contributed by atoms with van der Waals surface area (Å²) in [6.07, 6.45) is 0.696. The van der Waals surface area contributed by atoms with Crippen LogP contribution in [0.3, 0.4) is 0 Å². The van der Waals surface area contributed by atoms with Gasteiger partial charge in [-0.2, -0.15) is 0 Å². The van der Waals surface area contributed by atoms with E-state index < -0.39 is 6.04 Å². The maximum atomic E-state index is 14.4. The Morgan fingerprint density at radius 1 is 0.725 bits per heavy atom. The number of carbonyl (C=O) groups is 2. The number of nitrogens with zero attached hydrogens (tertiary/aromatic N) is 1. The smallest absolute Gasteiger partial charge is 0.243 e. The van der Waals surface area contributed by atoms with E-state index in [1.807, 2.05) is 91.0 Å². The summed E-state index contributed by atoms with van der Waals surface area (Å²) in [6, 6.07) is 37.5. The lowest BCUT2D eigenvalue weighted by atomic mass is 9.87. The Hall–Kier alpha value is -3.70. The first kappa shape index (κ1) is 29.3. The van der Waals surface area contributed by atoms with Gasteiger partial charge in [-0.05, 0) is 40.3 Å². The van der Waals surface area contributed by atoms with Gasteiger partial charge in [0.15, 0.2) is 0 Å². The lowest BCUT2D eigenvalue weighted by molar-refractivity contribution is -0.141. The van der Waals surface area contributed by atoms with Gasteiger partial charge in [0.25, 0.3) is 0 Å². The molecule has 0 saturated carbocycles. The second-order valence-corrected chi connectivity index (χ2v) is 11.5. The zero-order valence-electron chi connectivity index (χ0n) is 23.2. The van der Waals surface area contributed by atoms with E-state index in [4.69, 9.17) is 0 Å². The Bertz CT molecular complexity index is 1300. The van der Waals surface area contributed by atoms with E-state index in [2.05, 4.69) is 59.4 Å². The van der Waals surface area contributed by atoms with Gasteiger partial charge in [0, 0.05) is 36.3 Å². The highest BCUT2D eigenvalue weighted by molar-refractivity contribution is 9.10. The van der Waals surface area contributed by atoms with Gasteiger partial charge in [-0.15, -0.1) is 0 Å². The molecule has 0 aromatic heterocycles. The van der Waals surface area contributed by atoms with Crippen LogP contribution < -0.4 is 5.32 Å². The number of halogens is 1. The van der Waals surface area contributed by atoms with Crippen LogP contribution in [0.1, 0.15) is 48.4 Å². The summed E-state index contributed by atoms with van der Waals surface area (Å²) in [6.45, 7) is 5.04. The Labute approximate surface area is 246 Å². The van der Waals surface area contributed by atoms with Crippen molar-refractivity contribution in [2.24, 2.45) is 5.92 Å². The second-order valence-electron chi connectivity index (χ2n) is 10.6. The van der Waals surface area contributed by atoms with Crippen LogP contribution in [0.25, 0.3) is 0 Å². The summed E-state index contributed by atoms with van der Waals surface area (Å²) >= 11 is 3.51. The van der Waals surface area contributed by atoms with E-state index in [1.165, 1.54) is 0 Å². The fraction of sp³-hybridized carbons (Fsp3) is 0.257. The number of amides is 2. The van der Waals surface area contributed by atoms with E-state index >= 15 is 0 Å². The van der Waals surface area contributed by atoms with Gasteiger partial charge in [-0.25, -0.2) is 0 Å². The summed E-state index contributed by atoms with van der Waals surface area (Å²) in [4.78, 5) is 29.9. The maximum absolute atomic E-state index is 14.4. The van der Waals surface area contributed by atoms with E-state index in [-0.39, 0.29) is 24.2 Å². The first-order valence-corrected chi connectivity index (χ1v) is 14.7. The van der Waals surface area contributed by atoms with E-state index in [1.54, 1.807) is 4.90 Å². The van der Waals surface area contributed by atoms with Crippen LogP contribution in [0.15, 0.2) is 120 Å². The van der Waals surface area contributed by atoms with Gasteiger partial charge >= 0.3 is 0 Å². The van der Waals surface area contributed by atoms with Gasteiger partial charge < -0.3 is 10.2 Å². The standard InChI is InChI=1S/C35H37BrN2O2/c1-26(2)24-37-35(40)33(22-27-12-6-3-7-13-27)38(25-28-18-20-31(36)21-19-28)34(39)23-32(29-14-8-4-9-15-29)30-16-10-5-11-17-30/h3-21,26,32-33H,22-25H2,1-2H3,(H,37,40)/t33-/m1/s1. The van der Waals surface area contributed by atoms with Gasteiger partial charge in [0.1, 0.15) is 6.04 Å². The molecule has 0 heterocycles. The minimum Gasteiger partial charge on any atom is -0.354 e. The molecule has 1 atom stereocenters. The Balaban J connectivity index is 1.72. The molecule has 0 aliphatic rings. The summed E-state index contributed by atoms with van der Waals surface area (Å²) in [7, 11) is 0. The van der Waals surface area contributed by atoms with Crippen LogP contribution in [-0.2, 0) is 22.6 Å². The van der Waals surface area contributed by atoms with Crippen molar-refractivity contribution >= 4 is 27.7 Å². The quantitative estimate of drug-likeness (QED) is 0.185. The molecule has 4 rings (SSSR count). The molecule has 4 aromatic carbocycles. The molecule has 0 aliphatic carbocycles. The van der Waals surface area contributed by atoms with Crippen molar-refractivity contribution in [2.45, 2.75) is 45.2 Å². The highest BCUT2D eigenvalue weighted by Crippen LogP contribution is 2.30. The van der Waals surface area contributed by atoms with Crippen LogP contribution in [0.2, 0.25) is 0 Å². The van der Waals surface area contributed by atoms with Gasteiger partial charge in [0.2, 0.25) is 11.8 Å². The number of nitrogens with one attached hydrogen (secondary N) is 1. The average molecular weight is 598 g/mol. The van der Waals surface area contributed by atoms with Crippen molar-refractivity contribution in [3.8, 4) is 0 Å². The van der Waals surface area contributed by atoms with Gasteiger partial charge in [-0.3, -0.25) is 9.59 Å². The molecule has 0 radical (unpaired) electrons. The van der Waals surface area contributed by atoms with Gasteiger partial charge in [-0.1, -0.05) is 133 Å². The van der Waals surface area contributed by atoms with Crippen LogP contribution in [-0.4, -0.2) is 29.3 Å². The van der Waals surface area contributed by atoms with E-state index in [9.17, 15) is 9.59 Å². The zero-order chi connectivity index (χ0) is 28.3. The molecule has 206 valence electrons. The molecule has 40 heavy (non-hydrogen) atoms. The number of benzene rings is 4. The van der Waals surface area contributed by atoms with Crippen LogP contribution in [0.4, 0.5) is 0 Å². The molecule has 0 saturated heterocycles. The molecular formula is C35H37BrN2O2. The summed E-state index contributed by atoms with van der Waals surface area (Å²) < 4.78 is 0.970. The van der Waals surface area contributed by atoms with E-state index in [0.717, 1.165) is 26.7 Å². The third kappa shape index (κ3) is 8.40. The van der Waals surface area contributed by atoms with E-state index in [0.29, 0.717) is 25.4 Å². The third-order valence-corrected chi connectivity index (χ3v) is 7.53. The van der Waals surface area contributed by atoms with Crippen molar-refractivity contribution < 1.29 is 9.59 Å². The molecule has 5 heteroatoms. The summed E-state index contributed by atoms with van der Waals surface area (Å²) in [5.74, 6) is -0.00356. The highest BCUT2D eigenvalue weighted by atomic mass is 79.9. The molecule has 4 nitrogen and oxygen atoms in total. The topological polar surface area (TPSA) is 49.4 Å². The summed E-state index contributed by atoms with van der Waals surface area (Å²) in [5, 5.41) is 3.11. The number of carbonyl (C=O) groups excluding carboxylic acids is 2. The molecule has 0 bridgehead atoms. The van der Waals surface area contributed by atoms with Crippen LogP contribution in [0.5, 0.6) is 0 Å². The fourth-order valence-electron chi connectivity index (χ4n) is 4.85. The fourth-order valence-corrected chi connectivity index (χ4v) is 5.12. The predicted octanol–water partition coefficient (Wildman–Crippen LogP) is 7.38. The zero-order valence-corrected chi connectivity index (χ0v) is 24.8. The average Bonchev–Trinajstić information content (AvgIpc) is 2.98. The Kier molecular flexibility index (Phi) is 10.7. The minimum atomic E-state index is -0.649. The number of rotatable bonds is 12. The molecule has 0 fully saturated rings. The normalized spacial score (nSPS) is 11.8. The van der Waals surface area contributed by atoms with Crippen LogP contribution >= 0.6 is 15.9 Å². The van der Waals surface area contributed by atoms with Crippen molar-refractivity contribution in [3.05, 3.63) is 142 Å². The highest BCUT2D eigenvalue weighted by Gasteiger charge is 2.32. The van der Waals surface area contributed by atoms with Gasteiger partial charge in [0.05, 0.1) is 0 Å². The Morgan fingerprint density at radius 3 is 1.77 bits per heavy atom. The molecular weight excluding hydrogens is 560 g/mol. The third-order valence-electron chi connectivity index (χ3n) is 7.00. The first-order chi connectivity index (χ1) is 19.4. The largest absolute Gasteiger partial charge is 0.354 e. The molecule has 1 N–H and O–H groups in total. The van der Waals surface area contributed by atoms with Crippen molar-refractivity contribution in [1.82, 2.24) is 10.2 Å². The summed E-state index contributed by atoms with van der Waals surface area (Å²) in [5.41, 5.74) is 4.15. The second kappa shape index (κ2) is 14.6. The lowest BCUT2D eigenvalue weighted by Crippen LogP contribution is -2.51. The minimum absolute atomic E-state index is 0.0544. The Morgan fingerprint density at radius 2 is 1.25 bits per heavy atom. The number of hydrogen-bond donors (Lipinski definition) is 1. The molecule has 0 unspecified atom stereocenters. The monoisotopic (exact) mass is 596 g/mol. The first-order valence-electron chi connectivity index (χ1n) is 13.9. The number of hydrogen-bond acceptors (Lipinski definition) is 2. The molecule has 0 aliphatic heterocycles. The maximum Gasteiger partial charge on any atom is 0.243 e. The molecule has 2 amide bonds. The van der Waals surface area contributed by atoms with Crippen molar-refractivity contribution in [2.75, 3.05) is 6.54 Å². The van der Waals surface area contributed by atoms with Crippen molar-refractivity contribution in [1.29, 1.82) is 0 Å².